The molecule has 2 atom stereocenters. The highest BCUT2D eigenvalue weighted by Crippen LogP contribution is 2.16. The van der Waals surface area contributed by atoms with Crippen LogP contribution in [0.4, 0.5) is 4.39 Å². The Morgan fingerprint density at radius 3 is 3.00 bits per heavy atom. The fourth-order valence-corrected chi connectivity index (χ4v) is 1.95. The summed E-state index contributed by atoms with van der Waals surface area (Å²) in [6.07, 6.45) is 0.990. The van der Waals surface area contributed by atoms with Gasteiger partial charge < -0.3 is 15.2 Å². The topological polar surface area (TPSA) is 44.5 Å². The molecule has 0 spiro atoms. The molecule has 0 aromatic heterocycles. The summed E-state index contributed by atoms with van der Waals surface area (Å²) in [7, 11) is 0. The molecule has 3 nitrogen and oxygen atoms in total. The van der Waals surface area contributed by atoms with Crippen molar-refractivity contribution in [3.05, 3.63) is 35.6 Å². The van der Waals surface area contributed by atoms with Gasteiger partial charge in [-0.1, -0.05) is 18.2 Å². The van der Waals surface area contributed by atoms with Crippen molar-refractivity contribution < 1.29 is 13.9 Å². The van der Waals surface area contributed by atoms with E-state index in [9.17, 15) is 4.39 Å². The fourth-order valence-electron chi connectivity index (χ4n) is 1.95. The molecule has 1 fully saturated rings. The van der Waals surface area contributed by atoms with Crippen LogP contribution >= 0.6 is 0 Å². The van der Waals surface area contributed by atoms with E-state index in [1.807, 2.05) is 0 Å². The second-order valence-electron chi connectivity index (χ2n) is 4.39. The lowest BCUT2D eigenvalue weighted by molar-refractivity contribution is 0.0868. The number of benzene rings is 1. The Hall–Kier alpha value is -0.970. The molecule has 1 aromatic rings. The van der Waals surface area contributed by atoms with Crippen molar-refractivity contribution in [3.63, 3.8) is 0 Å². The van der Waals surface area contributed by atoms with E-state index in [4.69, 9.17) is 15.2 Å². The molecule has 0 saturated carbocycles. The molecule has 2 unspecified atom stereocenters. The van der Waals surface area contributed by atoms with Crippen molar-refractivity contribution in [2.75, 3.05) is 19.8 Å². The highest BCUT2D eigenvalue weighted by Gasteiger charge is 2.22. The molecule has 2 rings (SSSR count). The van der Waals surface area contributed by atoms with Crippen LogP contribution in [0.1, 0.15) is 12.0 Å². The molecule has 0 amide bonds. The maximum Gasteiger partial charge on any atom is 0.128 e. The van der Waals surface area contributed by atoms with Gasteiger partial charge in [0.2, 0.25) is 0 Å². The van der Waals surface area contributed by atoms with Gasteiger partial charge in [-0.05, 0) is 12.5 Å². The zero-order valence-electron chi connectivity index (χ0n) is 9.77. The molecule has 1 aliphatic heterocycles. The maximum atomic E-state index is 13.3. The van der Waals surface area contributed by atoms with E-state index in [-0.39, 0.29) is 18.5 Å². The van der Waals surface area contributed by atoms with Crippen molar-refractivity contribution in [1.29, 1.82) is 0 Å². The van der Waals surface area contributed by atoms with Crippen molar-refractivity contribution in [2.24, 2.45) is 11.7 Å². The van der Waals surface area contributed by atoms with E-state index in [2.05, 4.69) is 0 Å². The van der Waals surface area contributed by atoms with Gasteiger partial charge >= 0.3 is 0 Å². The Morgan fingerprint density at radius 1 is 1.47 bits per heavy atom. The lowest BCUT2D eigenvalue weighted by atomic mass is 10.0. The number of halogens is 1. The molecule has 1 aromatic carbocycles. The third kappa shape index (κ3) is 3.49. The first-order valence-electron chi connectivity index (χ1n) is 5.92. The molecule has 0 bridgehead atoms. The second-order valence-corrected chi connectivity index (χ2v) is 4.39. The molecule has 1 saturated heterocycles. The standard InChI is InChI=1S/C13H18FNO2/c14-12-4-2-1-3-10(12)7-17-9-13(15)11-5-6-16-8-11/h1-4,11,13H,5-9,15H2. The molecule has 0 aliphatic carbocycles. The molecule has 1 aliphatic rings. The average Bonchev–Trinajstić information content (AvgIpc) is 2.85. The van der Waals surface area contributed by atoms with Crippen LogP contribution in [-0.4, -0.2) is 25.9 Å². The molecule has 2 N–H and O–H groups in total. The lowest BCUT2D eigenvalue weighted by Gasteiger charge is -2.17. The predicted octanol–water partition coefficient (Wildman–Crippen LogP) is 1.71. The zero-order chi connectivity index (χ0) is 12.1. The Kier molecular flexibility index (Phi) is 4.48. The number of ether oxygens (including phenoxy) is 2. The Bertz CT molecular complexity index is 353. The van der Waals surface area contributed by atoms with Gasteiger partial charge in [-0.15, -0.1) is 0 Å². The zero-order valence-corrected chi connectivity index (χ0v) is 9.77. The Labute approximate surface area is 101 Å². The first-order chi connectivity index (χ1) is 8.27. The van der Waals surface area contributed by atoms with E-state index >= 15 is 0 Å². The largest absolute Gasteiger partial charge is 0.381 e. The number of hydrogen-bond acceptors (Lipinski definition) is 3. The Balaban J connectivity index is 1.74. The highest BCUT2D eigenvalue weighted by molar-refractivity contribution is 5.16. The number of rotatable bonds is 5. The summed E-state index contributed by atoms with van der Waals surface area (Å²) >= 11 is 0. The molecule has 17 heavy (non-hydrogen) atoms. The summed E-state index contributed by atoms with van der Waals surface area (Å²) in [5.41, 5.74) is 6.55. The van der Waals surface area contributed by atoms with Crippen LogP contribution in [0.2, 0.25) is 0 Å². The quantitative estimate of drug-likeness (QED) is 0.850. The van der Waals surface area contributed by atoms with Gasteiger partial charge in [0.05, 0.1) is 19.8 Å². The minimum Gasteiger partial charge on any atom is -0.381 e. The molecular formula is C13H18FNO2. The van der Waals surface area contributed by atoms with Crippen LogP contribution in [0.15, 0.2) is 24.3 Å². The minimum atomic E-state index is -0.231. The third-order valence-electron chi connectivity index (χ3n) is 3.10. The van der Waals surface area contributed by atoms with Gasteiger partial charge in [-0.25, -0.2) is 4.39 Å². The van der Waals surface area contributed by atoms with E-state index in [0.717, 1.165) is 13.0 Å². The molecular weight excluding hydrogens is 221 g/mol. The van der Waals surface area contributed by atoms with Crippen LogP contribution in [-0.2, 0) is 16.1 Å². The summed E-state index contributed by atoms with van der Waals surface area (Å²) in [6.45, 7) is 2.21. The van der Waals surface area contributed by atoms with Gasteiger partial charge in [0.15, 0.2) is 0 Å². The molecule has 1 heterocycles. The van der Waals surface area contributed by atoms with Crippen molar-refractivity contribution in [2.45, 2.75) is 19.1 Å². The summed E-state index contributed by atoms with van der Waals surface area (Å²) in [6, 6.07) is 6.60. The van der Waals surface area contributed by atoms with Crippen LogP contribution < -0.4 is 5.73 Å². The SMILES string of the molecule is NC(COCc1ccccc1F)C1CCOC1. The van der Waals surface area contributed by atoms with E-state index in [0.29, 0.717) is 24.7 Å². The van der Waals surface area contributed by atoms with Crippen LogP contribution in [0.25, 0.3) is 0 Å². The minimum absolute atomic E-state index is 0.0238. The maximum absolute atomic E-state index is 13.3. The van der Waals surface area contributed by atoms with Crippen LogP contribution in [0.5, 0.6) is 0 Å². The summed E-state index contributed by atoms with van der Waals surface area (Å²) in [4.78, 5) is 0. The summed E-state index contributed by atoms with van der Waals surface area (Å²) < 4.78 is 24.0. The van der Waals surface area contributed by atoms with Gasteiger partial charge in [0, 0.05) is 24.1 Å². The van der Waals surface area contributed by atoms with E-state index in [1.54, 1.807) is 18.2 Å². The van der Waals surface area contributed by atoms with Crippen LogP contribution in [0, 0.1) is 11.7 Å². The smallest absolute Gasteiger partial charge is 0.128 e. The predicted molar refractivity (Wildman–Crippen MR) is 63.0 cm³/mol. The average molecular weight is 239 g/mol. The first kappa shape index (κ1) is 12.5. The Morgan fingerprint density at radius 2 is 2.29 bits per heavy atom. The highest BCUT2D eigenvalue weighted by atomic mass is 19.1. The number of hydrogen-bond donors (Lipinski definition) is 1. The second kappa shape index (κ2) is 6.10. The fraction of sp³-hybridized carbons (Fsp3) is 0.538. The van der Waals surface area contributed by atoms with Crippen molar-refractivity contribution in [1.82, 2.24) is 0 Å². The third-order valence-corrected chi connectivity index (χ3v) is 3.10. The van der Waals surface area contributed by atoms with Crippen molar-refractivity contribution in [3.8, 4) is 0 Å². The van der Waals surface area contributed by atoms with E-state index in [1.165, 1.54) is 6.07 Å². The van der Waals surface area contributed by atoms with E-state index < -0.39 is 0 Å². The van der Waals surface area contributed by atoms with Crippen LogP contribution in [0.3, 0.4) is 0 Å². The van der Waals surface area contributed by atoms with Gasteiger partial charge in [-0.3, -0.25) is 0 Å². The number of nitrogens with two attached hydrogens (primary N) is 1. The monoisotopic (exact) mass is 239 g/mol. The molecule has 94 valence electrons. The van der Waals surface area contributed by atoms with Crippen molar-refractivity contribution >= 4 is 0 Å². The lowest BCUT2D eigenvalue weighted by Crippen LogP contribution is -2.35. The normalized spacial score (nSPS) is 21.6. The first-order valence-corrected chi connectivity index (χ1v) is 5.92. The van der Waals surface area contributed by atoms with Gasteiger partial charge in [0.1, 0.15) is 5.82 Å². The van der Waals surface area contributed by atoms with Gasteiger partial charge in [-0.2, -0.15) is 0 Å². The molecule has 0 radical (unpaired) electrons. The summed E-state index contributed by atoms with van der Waals surface area (Å²) in [5.74, 6) is 0.140. The molecule has 4 heteroatoms. The summed E-state index contributed by atoms with van der Waals surface area (Å²) in [5, 5.41) is 0. The van der Waals surface area contributed by atoms with Gasteiger partial charge in [0.25, 0.3) is 0 Å².